The van der Waals surface area contributed by atoms with Gasteiger partial charge in [0.2, 0.25) is 0 Å². The van der Waals surface area contributed by atoms with Crippen molar-refractivity contribution in [3.05, 3.63) is 0 Å². The molecule has 12 heavy (non-hydrogen) atoms. The molecule has 0 fully saturated rings. The van der Waals surface area contributed by atoms with Gasteiger partial charge in [-0.2, -0.15) is 0 Å². The second-order valence-corrected chi connectivity index (χ2v) is 4.93. The Morgan fingerprint density at radius 1 is 1.17 bits per heavy atom. The van der Waals surface area contributed by atoms with Crippen LogP contribution in [0.2, 0.25) is 0 Å². The summed E-state index contributed by atoms with van der Waals surface area (Å²) in [6, 6.07) is 0. The Labute approximate surface area is 96.5 Å². The van der Waals surface area contributed by atoms with Crippen LogP contribution in [0.15, 0.2) is 0 Å². The average Bonchev–Trinajstić information content (AvgIpc) is 1.55. The summed E-state index contributed by atoms with van der Waals surface area (Å²) in [6.07, 6.45) is 0. The second-order valence-electron chi connectivity index (χ2n) is 1.20. The van der Waals surface area contributed by atoms with Gasteiger partial charge >= 0.3 is 97.0 Å². The average molecular weight is 268 g/mol. The maximum absolute atomic E-state index is 10.3. The molecule has 3 N–H and O–H groups in total. The van der Waals surface area contributed by atoms with Crippen LogP contribution in [0.5, 0.6) is 0 Å². The standard InChI is InChI=1S/Na.H4O7P2.O.V.H/c;1-8(2,3)7-9(4,5)6;;;/h;(H2,1,2,3)(H2,4,5,6);;;/q;;;+1;/p-1. The predicted octanol–water partition coefficient (Wildman–Crippen LogP) is -1.09. The van der Waals surface area contributed by atoms with Gasteiger partial charge in [-0.3, -0.25) is 0 Å². The zero-order valence-electron chi connectivity index (χ0n) is 4.72. The molecule has 0 rings (SSSR count). The van der Waals surface area contributed by atoms with Crippen molar-refractivity contribution >= 4 is 45.2 Å². The Morgan fingerprint density at radius 3 is 1.83 bits per heavy atom. The summed E-state index contributed by atoms with van der Waals surface area (Å²) in [7, 11) is -9.93. The normalized spacial score (nSPS) is 15.9. The third-order valence-corrected chi connectivity index (χ3v) is 3.57. The van der Waals surface area contributed by atoms with E-state index in [0.29, 0.717) is 0 Å². The molecule has 0 amide bonds. The van der Waals surface area contributed by atoms with Crippen molar-refractivity contribution in [2.45, 2.75) is 0 Å². The van der Waals surface area contributed by atoms with Gasteiger partial charge in [0, 0.05) is 0 Å². The third-order valence-electron chi connectivity index (χ3n) is 0.346. The van der Waals surface area contributed by atoms with Crippen LogP contribution < -0.4 is 0 Å². The van der Waals surface area contributed by atoms with Gasteiger partial charge in [0.05, 0.1) is 0 Å². The summed E-state index contributed by atoms with van der Waals surface area (Å²) in [6.45, 7) is 0. The molecule has 0 radical (unpaired) electrons. The summed E-state index contributed by atoms with van der Waals surface area (Å²) >= 11 is -2.14. The molecule has 0 saturated heterocycles. The molecule has 0 spiro atoms. The molecule has 0 aliphatic carbocycles. The number of phosphoric acid groups is 2. The van der Waals surface area contributed by atoms with Gasteiger partial charge in [0.1, 0.15) is 0 Å². The molecular formula is H4NaO8P2V. The van der Waals surface area contributed by atoms with E-state index in [0.717, 1.165) is 0 Å². The molecular weight excluding hydrogens is 264 g/mol. The van der Waals surface area contributed by atoms with Gasteiger partial charge in [0.15, 0.2) is 0 Å². The molecule has 1 atom stereocenters. The summed E-state index contributed by atoms with van der Waals surface area (Å²) < 4.78 is 36.6. The molecule has 8 nitrogen and oxygen atoms in total. The van der Waals surface area contributed by atoms with E-state index in [-0.39, 0.29) is 29.6 Å². The minimum absolute atomic E-state index is 0. The Hall–Kier alpha value is 1.64. The van der Waals surface area contributed by atoms with E-state index >= 15 is 0 Å². The number of rotatable bonds is 4. The summed E-state index contributed by atoms with van der Waals surface area (Å²) in [5, 5.41) is 0. The fraction of sp³-hybridized carbons (Fsp3) is 0. The molecule has 0 aromatic carbocycles. The molecule has 0 aliphatic heterocycles. The van der Waals surface area contributed by atoms with Gasteiger partial charge in [-0.05, 0) is 0 Å². The quantitative estimate of drug-likeness (QED) is 0.433. The van der Waals surface area contributed by atoms with Gasteiger partial charge in [-0.15, -0.1) is 0 Å². The van der Waals surface area contributed by atoms with Crippen LogP contribution >= 0.6 is 15.6 Å². The summed E-state index contributed by atoms with van der Waals surface area (Å²) in [5.41, 5.74) is 0. The van der Waals surface area contributed by atoms with Crippen molar-refractivity contribution in [1.29, 1.82) is 0 Å². The van der Waals surface area contributed by atoms with E-state index in [2.05, 4.69) is 7.76 Å². The van der Waals surface area contributed by atoms with E-state index in [1.807, 2.05) is 0 Å². The molecule has 0 aromatic heterocycles. The first-order valence-corrected chi connectivity index (χ1v) is 6.04. The van der Waals surface area contributed by atoms with Crippen molar-refractivity contribution < 1.29 is 51.8 Å². The maximum atomic E-state index is 10.3. The monoisotopic (exact) mass is 268 g/mol. The molecule has 0 aliphatic rings. The fourth-order valence-electron chi connectivity index (χ4n) is 0.191. The molecule has 0 bridgehead atoms. The minimum atomic E-state index is -5.08. The fourth-order valence-corrected chi connectivity index (χ4v) is 2.28. The topological polar surface area (TPSA) is 130 Å². The van der Waals surface area contributed by atoms with Crippen LogP contribution in [0, 0.1) is 0 Å². The molecule has 0 heterocycles. The van der Waals surface area contributed by atoms with Crippen LogP contribution in [0.3, 0.4) is 0 Å². The second kappa shape index (κ2) is 6.19. The summed E-state index contributed by atoms with van der Waals surface area (Å²) in [4.78, 5) is 24.2. The zero-order valence-corrected chi connectivity index (χ0v) is 7.91. The predicted molar refractivity (Wildman–Crippen MR) is 31.9 cm³/mol. The third kappa shape index (κ3) is 9.73. The molecule has 0 saturated carbocycles. The number of hydrogen-bond donors (Lipinski definition) is 3. The van der Waals surface area contributed by atoms with Crippen molar-refractivity contribution in [3.8, 4) is 0 Å². The molecule has 68 valence electrons. The Balaban J connectivity index is 0. The van der Waals surface area contributed by atoms with E-state index in [4.69, 9.17) is 14.7 Å². The van der Waals surface area contributed by atoms with Crippen LogP contribution in [0.1, 0.15) is 0 Å². The van der Waals surface area contributed by atoms with Crippen LogP contribution in [-0.2, 0) is 37.2 Å². The van der Waals surface area contributed by atoms with Crippen LogP contribution in [0.25, 0.3) is 0 Å². The van der Waals surface area contributed by atoms with Crippen molar-refractivity contribution in [1.82, 2.24) is 0 Å². The van der Waals surface area contributed by atoms with Crippen molar-refractivity contribution in [3.63, 3.8) is 0 Å². The van der Waals surface area contributed by atoms with Gasteiger partial charge in [-0.1, -0.05) is 0 Å². The Bertz CT molecular complexity index is 229. The van der Waals surface area contributed by atoms with Crippen LogP contribution in [-0.4, -0.2) is 44.2 Å². The van der Waals surface area contributed by atoms with Gasteiger partial charge in [0.25, 0.3) is 0 Å². The van der Waals surface area contributed by atoms with Crippen molar-refractivity contribution in [2.75, 3.05) is 0 Å². The molecule has 0 aromatic rings. The van der Waals surface area contributed by atoms with Gasteiger partial charge < -0.3 is 0 Å². The SMILES string of the molecule is [NaH].[O]=[V][O]P(=O)(O)OP(=O)(O)O. The van der Waals surface area contributed by atoms with Crippen molar-refractivity contribution in [2.24, 2.45) is 0 Å². The molecule has 1 unspecified atom stereocenters. The first-order chi connectivity index (χ1) is 4.77. The first kappa shape index (κ1) is 16.1. The first-order valence-electron chi connectivity index (χ1n) is 1.88. The van der Waals surface area contributed by atoms with E-state index < -0.39 is 32.2 Å². The zero-order chi connectivity index (χ0) is 9.12. The Morgan fingerprint density at radius 2 is 1.58 bits per heavy atom. The van der Waals surface area contributed by atoms with E-state index in [1.54, 1.807) is 0 Å². The molecule has 12 heteroatoms. The van der Waals surface area contributed by atoms with Gasteiger partial charge in [-0.25, -0.2) is 0 Å². The summed E-state index contributed by atoms with van der Waals surface area (Å²) in [5.74, 6) is 0. The number of hydrogen-bond acceptors (Lipinski definition) is 5. The van der Waals surface area contributed by atoms with E-state index in [9.17, 15) is 12.8 Å². The van der Waals surface area contributed by atoms with Crippen LogP contribution in [0.4, 0.5) is 0 Å². The Kier molecular flexibility index (Phi) is 8.30. The van der Waals surface area contributed by atoms with E-state index in [1.165, 1.54) is 0 Å².